The molecule has 6 heteroatoms. The minimum atomic E-state index is -0.311. The van der Waals surface area contributed by atoms with Crippen LogP contribution < -0.4 is 0 Å². The fraction of sp³-hybridized carbons (Fsp3) is 0.478. The van der Waals surface area contributed by atoms with Gasteiger partial charge in [-0.3, -0.25) is 9.69 Å². The molecule has 6 nitrogen and oxygen atoms in total. The number of ether oxygens (including phenoxy) is 1. The lowest BCUT2D eigenvalue weighted by atomic mass is 10.0. The van der Waals surface area contributed by atoms with Gasteiger partial charge in [-0.05, 0) is 61.4 Å². The fourth-order valence-electron chi connectivity index (χ4n) is 4.03. The Morgan fingerprint density at radius 2 is 1.83 bits per heavy atom. The van der Waals surface area contributed by atoms with E-state index in [1.165, 1.54) is 25.5 Å². The summed E-state index contributed by atoms with van der Waals surface area (Å²) in [5.74, 6) is 0.812. The number of hydrogen-bond donors (Lipinski definition) is 0. The summed E-state index contributed by atoms with van der Waals surface area (Å²) < 4.78 is 10.1. The predicted molar refractivity (Wildman–Crippen MR) is 109 cm³/mol. The molecule has 0 N–H and O–H groups in total. The number of esters is 1. The zero-order valence-electron chi connectivity index (χ0n) is 16.9. The van der Waals surface area contributed by atoms with Gasteiger partial charge < -0.3 is 14.1 Å². The summed E-state index contributed by atoms with van der Waals surface area (Å²) >= 11 is 0. The van der Waals surface area contributed by atoms with Crippen LogP contribution in [0.25, 0.3) is 0 Å². The van der Waals surface area contributed by atoms with E-state index in [0.29, 0.717) is 17.2 Å². The van der Waals surface area contributed by atoms with Crippen LogP contribution in [0.3, 0.4) is 0 Å². The molecule has 1 aromatic carbocycles. The highest BCUT2D eigenvalue weighted by atomic mass is 16.5. The number of piperidine rings is 1. The monoisotopic (exact) mass is 396 g/mol. The maximum Gasteiger partial charge on any atom is 0.337 e. The average molecular weight is 396 g/mol. The quantitative estimate of drug-likeness (QED) is 0.670. The molecule has 154 valence electrons. The number of methoxy groups -OCH3 is 1. The van der Waals surface area contributed by atoms with Crippen LogP contribution in [0.15, 0.2) is 47.1 Å². The van der Waals surface area contributed by atoms with Gasteiger partial charge in [0.2, 0.25) is 0 Å². The van der Waals surface area contributed by atoms with Crippen LogP contribution in [0, 0.1) is 5.92 Å². The van der Waals surface area contributed by atoms with Gasteiger partial charge in [-0.25, -0.2) is 4.79 Å². The van der Waals surface area contributed by atoms with E-state index in [-0.39, 0.29) is 17.9 Å². The maximum atomic E-state index is 12.9. The Labute approximate surface area is 171 Å². The zero-order valence-corrected chi connectivity index (χ0v) is 16.9. The summed E-state index contributed by atoms with van der Waals surface area (Å²) in [6.07, 6.45) is 5.96. The molecule has 0 spiro atoms. The molecule has 0 radical (unpaired) electrons. The Kier molecular flexibility index (Phi) is 6.00. The van der Waals surface area contributed by atoms with E-state index in [1.807, 2.05) is 24.3 Å². The van der Waals surface area contributed by atoms with Crippen LogP contribution in [0.5, 0.6) is 0 Å². The van der Waals surface area contributed by atoms with Gasteiger partial charge in [0.1, 0.15) is 0 Å². The van der Waals surface area contributed by atoms with E-state index in [1.54, 1.807) is 18.4 Å². The average Bonchev–Trinajstić information content (AvgIpc) is 3.41. The highest BCUT2D eigenvalue weighted by Crippen LogP contribution is 2.32. The van der Waals surface area contributed by atoms with E-state index in [2.05, 4.69) is 9.80 Å². The van der Waals surface area contributed by atoms with Crippen LogP contribution in [-0.2, 0) is 11.3 Å². The molecule has 0 unspecified atom stereocenters. The number of benzene rings is 1. The number of likely N-dealkylation sites (tertiary alicyclic amines) is 1. The van der Waals surface area contributed by atoms with E-state index in [4.69, 9.17) is 9.15 Å². The normalized spacial score (nSPS) is 17.8. The molecule has 0 bridgehead atoms. The lowest BCUT2D eigenvalue weighted by Gasteiger charge is -2.38. The van der Waals surface area contributed by atoms with Gasteiger partial charge in [-0.15, -0.1) is 0 Å². The highest BCUT2D eigenvalue weighted by molar-refractivity contribution is 5.91. The Bertz CT molecular complexity index is 819. The number of nitrogens with zero attached hydrogens (tertiary/aromatic N) is 2. The SMILES string of the molecule is COC(=O)c1ccc(CN2CCC(N(CC3CC3)C(=O)c3ccco3)CC2)cc1. The van der Waals surface area contributed by atoms with Crippen molar-refractivity contribution in [2.24, 2.45) is 5.92 Å². The van der Waals surface area contributed by atoms with Crippen LogP contribution in [0.1, 0.15) is 52.2 Å². The van der Waals surface area contributed by atoms with Gasteiger partial charge >= 0.3 is 5.97 Å². The van der Waals surface area contributed by atoms with Crippen molar-refractivity contribution in [2.75, 3.05) is 26.7 Å². The predicted octanol–water partition coefficient (Wildman–Crippen LogP) is 3.58. The minimum absolute atomic E-state index is 0.0266. The van der Waals surface area contributed by atoms with Crippen LogP contribution >= 0.6 is 0 Å². The maximum absolute atomic E-state index is 12.9. The first-order valence-corrected chi connectivity index (χ1v) is 10.4. The third-order valence-electron chi connectivity index (χ3n) is 5.92. The van der Waals surface area contributed by atoms with Gasteiger partial charge in [-0.1, -0.05) is 12.1 Å². The second kappa shape index (κ2) is 8.82. The molecule has 1 aliphatic carbocycles. The second-order valence-corrected chi connectivity index (χ2v) is 8.07. The van der Waals surface area contributed by atoms with Crippen LogP contribution in [-0.4, -0.2) is 54.5 Å². The van der Waals surface area contributed by atoms with Crippen molar-refractivity contribution >= 4 is 11.9 Å². The molecular formula is C23H28N2O4. The molecule has 1 aliphatic heterocycles. The lowest BCUT2D eigenvalue weighted by Crippen LogP contribution is -2.48. The summed E-state index contributed by atoms with van der Waals surface area (Å²) in [6.45, 7) is 3.61. The van der Waals surface area contributed by atoms with Gasteiger partial charge in [0.25, 0.3) is 5.91 Å². The lowest BCUT2D eigenvalue weighted by molar-refractivity contribution is 0.0521. The van der Waals surface area contributed by atoms with E-state index in [0.717, 1.165) is 39.0 Å². The number of hydrogen-bond acceptors (Lipinski definition) is 5. The summed E-state index contributed by atoms with van der Waals surface area (Å²) in [4.78, 5) is 29.0. The number of amides is 1. The largest absolute Gasteiger partial charge is 0.465 e. The zero-order chi connectivity index (χ0) is 20.2. The van der Waals surface area contributed by atoms with Crippen LogP contribution in [0.4, 0.5) is 0 Å². The summed E-state index contributed by atoms with van der Waals surface area (Å²) in [5.41, 5.74) is 1.75. The molecule has 2 aliphatic rings. The van der Waals surface area contributed by atoms with Crippen molar-refractivity contribution in [3.05, 3.63) is 59.5 Å². The van der Waals surface area contributed by atoms with Gasteiger partial charge in [-0.2, -0.15) is 0 Å². The van der Waals surface area contributed by atoms with Crippen molar-refractivity contribution in [1.29, 1.82) is 0 Å². The van der Waals surface area contributed by atoms with Gasteiger partial charge in [0.05, 0.1) is 18.9 Å². The molecule has 4 rings (SSSR count). The van der Waals surface area contributed by atoms with E-state index in [9.17, 15) is 9.59 Å². The Morgan fingerprint density at radius 3 is 2.41 bits per heavy atom. The molecule has 2 heterocycles. The molecule has 1 saturated heterocycles. The third-order valence-corrected chi connectivity index (χ3v) is 5.92. The number of furan rings is 1. The van der Waals surface area contributed by atoms with Crippen molar-refractivity contribution in [2.45, 2.75) is 38.3 Å². The second-order valence-electron chi connectivity index (χ2n) is 8.07. The summed E-state index contributed by atoms with van der Waals surface area (Å²) in [5, 5.41) is 0. The third kappa shape index (κ3) is 4.88. The molecule has 1 saturated carbocycles. The molecule has 2 fully saturated rings. The van der Waals surface area contributed by atoms with Crippen LogP contribution in [0.2, 0.25) is 0 Å². The first-order chi connectivity index (χ1) is 14.1. The Morgan fingerprint density at radius 1 is 1.10 bits per heavy atom. The topological polar surface area (TPSA) is 63.0 Å². The fourth-order valence-corrected chi connectivity index (χ4v) is 4.03. The summed E-state index contributed by atoms with van der Waals surface area (Å²) in [6, 6.07) is 11.4. The van der Waals surface area contributed by atoms with Crippen molar-refractivity contribution in [1.82, 2.24) is 9.80 Å². The number of carbonyl (C=O) groups excluding carboxylic acids is 2. The van der Waals surface area contributed by atoms with Crippen molar-refractivity contribution < 1.29 is 18.7 Å². The summed E-state index contributed by atoms with van der Waals surface area (Å²) in [7, 11) is 1.39. The molecule has 2 aromatic rings. The van der Waals surface area contributed by atoms with Crippen molar-refractivity contribution in [3.63, 3.8) is 0 Å². The Hall–Kier alpha value is -2.60. The minimum Gasteiger partial charge on any atom is -0.465 e. The molecule has 1 aromatic heterocycles. The molecular weight excluding hydrogens is 368 g/mol. The molecule has 29 heavy (non-hydrogen) atoms. The standard InChI is InChI=1S/C23H28N2O4/c1-28-23(27)19-8-6-17(7-9-19)15-24-12-10-20(11-13-24)25(16-18-4-5-18)22(26)21-3-2-14-29-21/h2-3,6-9,14,18,20H,4-5,10-13,15-16H2,1H3. The van der Waals surface area contributed by atoms with E-state index < -0.39 is 0 Å². The van der Waals surface area contributed by atoms with Crippen molar-refractivity contribution in [3.8, 4) is 0 Å². The van der Waals surface area contributed by atoms with Gasteiger partial charge in [0, 0.05) is 32.2 Å². The number of carbonyl (C=O) groups is 2. The highest BCUT2D eigenvalue weighted by Gasteiger charge is 2.34. The van der Waals surface area contributed by atoms with Gasteiger partial charge in [0.15, 0.2) is 5.76 Å². The molecule has 1 amide bonds. The number of rotatable bonds is 7. The first kappa shape index (κ1) is 19.7. The first-order valence-electron chi connectivity index (χ1n) is 10.4. The smallest absolute Gasteiger partial charge is 0.337 e. The van der Waals surface area contributed by atoms with E-state index >= 15 is 0 Å². The molecule has 0 atom stereocenters. The Balaban J connectivity index is 1.33.